The van der Waals surface area contributed by atoms with Crippen molar-refractivity contribution in [3.63, 3.8) is 0 Å². The number of hydrogen-bond donors (Lipinski definition) is 2. The second-order valence-corrected chi connectivity index (χ2v) is 7.24. The van der Waals surface area contributed by atoms with Crippen molar-refractivity contribution in [2.24, 2.45) is 0 Å². The Balaban J connectivity index is 1.84. The molecule has 134 valence electrons. The van der Waals surface area contributed by atoms with E-state index in [1.165, 1.54) is 0 Å². The van der Waals surface area contributed by atoms with Gasteiger partial charge in [0.15, 0.2) is 5.78 Å². The van der Waals surface area contributed by atoms with Gasteiger partial charge in [-0.3, -0.25) is 14.8 Å². The summed E-state index contributed by atoms with van der Waals surface area (Å²) in [6, 6.07) is 14.3. The number of nitrogens with one attached hydrogen (secondary N) is 2. The molecule has 0 radical (unpaired) electrons. The lowest BCUT2D eigenvalue weighted by atomic mass is 10.1. The number of nitrogens with zero attached hydrogens (tertiary/aromatic N) is 2. The van der Waals surface area contributed by atoms with Crippen LogP contribution < -0.4 is 0 Å². The molecule has 5 rings (SSSR count). The summed E-state index contributed by atoms with van der Waals surface area (Å²) in [5, 5.41) is 0. The maximum Gasteiger partial charge on any atom is 0.161 e. The van der Waals surface area contributed by atoms with Crippen molar-refractivity contribution in [2.75, 3.05) is 0 Å². The van der Waals surface area contributed by atoms with Crippen LogP contribution in [0.5, 0.6) is 0 Å². The van der Waals surface area contributed by atoms with E-state index in [1.54, 1.807) is 6.92 Å². The first-order valence-corrected chi connectivity index (χ1v) is 9.31. The average molecular weight is 356 g/mol. The zero-order valence-corrected chi connectivity index (χ0v) is 15.2. The van der Waals surface area contributed by atoms with E-state index in [1.807, 2.05) is 18.2 Å². The molecule has 0 fully saturated rings. The molecular weight excluding hydrogens is 336 g/mol. The Kier molecular flexibility index (Phi) is 3.67. The van der Waals surface area contributed by atoms with Crippen molar-refractivity contribution < 1.29 is 4.79 Å². The molecule has 5 nitrogen and oxygen atoms in total. The number of H-pyrrole nitrogens is 2. The summed E-state index contributed by atoms with van der Waals surface area (Å²) in [6.07, 6.45) is 3.62. The van der Waals surface area contributed by atoms with Gasteiger partial charge in [-0.1, -0.05) is 0 Å². The molecule has 5 heterocycles. The van der Waals surface area contributed by atoms with Gasteiger partial charge in [-0.15, -0.1) is 0 Å². The van der Waals surface area contributed by atoms with Crippen molar-refractivity contribution in [3.8, 4) is 0 Å². The first-order valence-electron chi connectivity index (χ1n) is 9.31. The molecule has 0 spiro atoms. The molecule has 5 heteroatoms. The van der Waals surface area contributed by atoms with E-state index >= 15 is 0 Å². The van der Waals surface area contributed by atoms with Crippen molar-refractivity contribution in [1.82, 2.24) is 19.9 Å². The van der Waals surface area contributed by atoms with Crippen LogP contribution in [0.15, 0.2) is 42.5 Å². The Morgan fingerprint density at radius 1 is 0.741 bits per heavy atom. The fourth-order valence-corrected chi connectivity index (χ4v) is 3.80. The molecule has 8 bridgehead atoms. The Morgan fingerprint density at radius 3 is 1.81 bits per heavy atom. The molecule has 27 heavy (non-hydrogen) atoms. The highest BCUT2D eigenvalue weighted by atomic mass is 16.1. The number of aromatic amines is 2. The highest BCUT2D eigenvalue weighted by molar-refractivity contribution is 6.02. The van der Waals surface area contributed by atoms with Crippen LogP contribution in [0.25, 0.3) is 22.1 Å². The number of Topliss-reactive ketones (excluding diaryl/α,β-unsaturated/α-hetero) is 1. The Bertz CT molecular complexity index is 1220. The predicted molar refractivity (Wildman–Crippen MR) is 106 cm³/mol. The van der Waals surface area contributed by atoms with Crippen LogP contribution in [0.1, 0.15) is 40.1 Å². The van der Waals surface area contributed by atoms with E-state index in [9.17, 15) is 4.79 Å². The molecule has 0 aliphatic carbocycles. The molecule has 0 unspecified atom stereocenters. The fourth-order valence-electron chi connectivity index (χ4n) is 3.80. The van der Waals surface area contributed by atoms with Gasteiger partial charge in [-0.05, 0) is 75.1 Å². The Hall–Kier alpha value is -3.21. The van der Waals surface area contributed by atoms with Gasteiger partial charge >= 0.3 is 0 Å². The van der Waals surface area contributed by atoms with Crippen LogP contribution in [-0.4, -0.2) is 25.7 Å². The van der Waals surface area contributed by atoms with Crippen LogP contribution in [0.4, 0.5) is 0 Å². The summed E-state index contributed by atoms with van der Waals surface area (Å²) in [5.41, 5.74) is 8.71. The smallest absolute Gasteiger partial charge is 0.161 e. The van der Waals surface area contributed by atoms with Gasteiger partial charge in [0.05, 0.1) is 5.52 Å². The standard InChI is InChI=1S/C22H20N4O/c1-13(27)21-11-20-10-18-5-4-16(24-18)8-14-2-3-15(23-14)9-17-6-7-19(25-17)12-22(21)26-20/h2-3,8-12,23,26H,4-7H2,1H3. The minimum absolute atomic E-state index is 0.0528. The highest BCUT2D eigenvalue weighted by Gasteiger charge is 2.11. The SMILES string of the molecule is CC(=O)c1cc2cc3nc(cc4ccc(cc5nc(cc1[nH]2)CC5)[nH]4)CC3. The lowest BCUT2D eigenvalue weighted by Gasteiger charge is -1.90. The number of hydrogen-bond acceptors (Lipinski definition) is 3. The van der Waals surface area contributed by atoms with Gasteiger partial charge in [-0.25, -0.2) is 0 Å². The summed E-state index contributed by atoms with van der Waals surface area (Å²) >= 11 is 0. The van der Waals surface area contributed by atoms with Crippen molar-refractivity contribution in [1.29, 1.82) is 0 Å². The first kappa shape index (κ1) is 16.0. The molecule has 0 saturated carbocycles. The molecule has 3 aromatic rings. The Labute approximate surface area is 156 Å². The number of aromatic nitrogens is 4. The third-order valence-electron chi connectivity index (χ3n) is 5.11. The second-order valence-electron chi connectivity index (χ2n) is 7.24. The van der Waals surface area contributed by atoms with Gasteiger partial charge in [0.25, 0.3) is 0 Å². The summed E-state index contributed by atoms with van der Waals surface area (Å²) in [5.74, 6) is 0.0528. The number of fused-ring (bicyclic) bond motifs is 8. The van der Waals surface area contributed by atoms with Gasteiger partial charge in [0.1, 0.15) is 0 Å². The zero-order chi connectivity index (χ0) is 18.4. The summed E-state index contributed by atoms with van der Waals surface area (Å²) in [7, 11) is 0. The summed E-state index contributed by atoms with van der Waals surface area (Å²) in [6.45, 7) is 1.60. The largest absolute Gasteiger partial charge is 0.355 e. The van der Waals surface area contributed by atoms with E-state index in [2.05, 4.69) is 34.2 Å². The summed E-state index contributed by atoms with van der Waals surface area (Å²) in [4.78, 5) is 28.4. The van der Waals surface area contributed by atoms with E-state index < -0.39 is 0 Å². The second kappa shape index (κ2) is 6.20. The molecule has 2 aliphatic heterocycles. The molecule has 0 amide bonds. The molecule has 0 saturated heterocycles. The van der Waals surface area contributed by atoms with Gasteiger partial charge in [-0.2, -0.15) is 0 Å². The molecule has 0 aromatic carbocycles. The minimum atomic E-state index is 0.0528. The lowest BCUT2D eigenvalue weighted by Crippen LogP contribution is -1.89. The van der Waals surface area contributed by atoms with E-state index in [-0.39, 0.29) is 5.78 Å². The van der Waals surface area contributed by atoms with Gasteiger partial charge < -0.3 is 9.97 Å². The van der Waals surface area contributed by atoms with Crippen LogP contribution in [0.3, 0.4) is 0 Å². The number of carbonyl (C=O) groups excluding carboxylic acids is 1. The van der Waals surface area contributed by atoms with Gasteiger partial charge in [0.2, 0.25) is 0 Å². The third-order valence-corrected chi connectivity index (χ3v) is 5.11. The minimum Gasteiger partial charge on any atom is -0.355 e. The number of ketones is 1. The molecule has 0 atom stereocenters. The van der Waals surface area contributed by atoms with Crippen LogP contribution >= 0.6 is 0 Å². The van der Waals surface area contributed by atoms with Crippen LogP contribution in [-0.2, 0) is 25.7 Å². The van der Waals surface area contributed by atoms with Crippen molar-refractivity contribution in [3.05, 3.63) is 70.8 Å². The number of aryl methyl sites for hydroxylation is 4. The predicted octanol–water partition coefficient (Wildman–Crippen LogP) is 4.09. The zero-order valence-electron chi connectivity index (χ0n) is 15.2. The fraction of sp³-hybridized carbons (Fsp3) is 0.227. The molecule has 2 aliphatic rings. The molecule has 3 aromatic heterocycles. The molecule has 2 N–H and O–H groups in total. The Morgan fingerprint density at radius 2 is 1.26 bits per heavy atom. The lowest BCUT2D eigenvalue weighted by molar-refractivity contribution is 0.101. The quantitative estimate of drug-likeness (QED) is 0.645. The normalized spacial score (nSPS) is 13.7. The first-order chi connectivity index (χ1) is 13.1. The van der Waals surface area contributed by atoms with E-state index in [4.69, 9.17) is 9.97 Å². The van der Waals surface area contributed by atoms with Crippen LogP contribution in [0.2, 0.25) is 0 Å². The monoisotopic (exact) mass is 356 g/mol. The van der Waals surface area contributed by atoms with Crippen molar-refractivity contribution in [2.45, 2.75) is 32.6 Å². The van der Waals surface area contributed by atoms with E-state index in [0.717, 1.165) is 70.5 Å². The maximum atomic E-state index is 12.1. The average Bonchev–Trinajstić information content (AvgIpc) is 3.38. The third kappa shape index (κ3) is 3.16. The maximum absolute atomic E-state index is 12.1. The van der Waals surface area contributed by atoms with Crippen molar-refractivity contribution >= 4 is 27.9 Å². The van der Waals surface area contributed by atoms with E-state index in [0.29, 0.717) is 5.56 Å². The van der Waals surface area contributed by atoms with Crippen LogP contribution in [0, 0.1) is 0 Å². The number of carbonyl (C=O) groups is 1. The topological polar surface area (TPSA) is 74.4 Å². The summed E-state index contributed by atoms with van der Waals surface area (Å²) < 4.78 is 0. The number of rotatable bonds is 1. The molecular formula is C22H20N4O. The highest BCUT2D eigenvalue weighted by Crippen LogP contribution is 2.19. The van der Waals surface area contributed by atoms with Gasteiger partial charge in [0, 0.05) is 44.9 Å².